The largest absolute Gasteiger partial charge is 0.460 e. The topological polar surface area (TPSA) is 105 Å². The molecule has 2 aliphatic rings. The molecule has 0 radical (unpaired) electrons. The van der Waals surface area contributed by atoms with E-state index in [4.69, 9.17) is 4.74 Å². The summed E-state index contributed by atoms with van der Waals surface area (Å²) < 4.78 is 5.45. The summed E-state index contributed by atoms with van der Waals surface area (Å²) in [7, 11) is 1.51. The highest BCUT2D eigenvalue weighted by molar-refractivity contribution is 6.13. The zero-order valence-corrected chi connectivity index (χ0v) is 15.9. The summed E-state index contributed by atoms with van der Waals surface area (Å²) in [4.78, 5) is 47.5. The van der Waals surface area contributed by atoms with Gasteiger partial charge in [-0.05, 0) is 39.3 Å². The van der Waals surface area contributed by atoms with Gasteiger partial charge in [0, 0.05) is 26.3 Å². The summed E-state index contributed by atoms with van der Waals surface area (Å²) in [6.45, 7) is 6.66. The molecule has 144 valence electrons. The van der Waals surface area contributed by atoms with Crippen LogP contribution in [0.3, 0.4) is 0 Å². The summed E-state index contributed by atoms with van der Waals surface area (Å²) in [6, 6.07) is 1.18. The van der Waals surface area contributed by atoms with Crippen molar-refractivity contribution >= 4 is 29.9 Å². The van der Waals surface area contributed by atoms with Crippen molar-refractivity contribution in [3.63, 3.8) is 0 Å². The molecule has 1 unspecified atom stereocenters. The third-order valence-electron chi connectivity index (χ3n) is 4.28. The fourth-order valence-electron chi connectivity index (χ4n) is 2.92. The molecular formula is C18H23N5O4. The number of hydrogen-bond acceptors (Lipinski definition) is 7. The molecule has 3 rings (SSSR count). The molecule has 0 bridgehead atoms. The Morgan fingerprint density at radius 1 is 1.37 bits per heavy atom. The van der Waals surface area contributed by atoms with Crippen molar-refractivity contribution < 1.29 is 19.1 Å². The van der Waals surface area contributed by atoms with Crippen LogP contribution in [0.2, 0.25) is 0 Å². The van der Waals surface area contributed by atoms with Gasteiger partial charge in [0.15, 0.2) is 0 Å². The van der Waals surface area contributed by atoms with Crippen LogP contribution in [0.4, 0.5) is 10.7 Å². The van der Waals surface area contributed by atoms with Crippen LogP contribution in [0.15, 0.2) is 18.0 Å². The molecule has 0 aromatic carbocycles. The van der Waals surface area contributed by atoms with E-state index in [1.165, 1.54) is 18.0 Å². The molecule has 0 spiro atoms. The van der Waals surface area contributed by atoms with Crippen LogP contribution < -0.4 is 10.2 Å². The molecule has 9 heteroatoms. The number of carbonyl (C=O) groups is 3. The first-order valence-corrected chi connectivity index (χ1v) is 8.75. The van der Waals surface area contributed by atoms with Crippen molar-refractivity contribution in [2.45, 2.75) is 32.8 Å². The molecule has 1 aromatic rings. The Kier molecular flexibility index (Phi) is 4.86. The lowest BCUT2D eigenvalue weighted by atomic mass is 10.1. The lowest BCUT2D eigenvalue weighted by Crippen LogP contribution is -2.31. The highest BCUT2D eigenvalue weighted by Gasteiger charge is 2.33. The normalized spacial score (nSPS) is 21.8. The van der Waals surface area contributed by atoms with Crippen molar-refractivity contribution in [1.82, 2.24) is 20.2 Å². The fraction of sp³-hybridized carbons (Fsp3) is 0.500. The first kappa shape index (κ1) is 18.8. The molecule has 9 nitrogen and oxygen atoms in total. The number of urea groups is 1. The van der Waals surface area contributed by atoms with Crippen LogP contribution in [0.5, 0.6) is 0 Å². The molecule has 3 amide bonds. The smallest absolute Gasteiger partial charge is 0.328 e. The predicted octanol–water partition coefficient (Wildman–Crippen LogP) is 1.17. The molecular weight excluding hydrogens is 350 g/mol. The summed E-state index contributed by atoms with van der Waals surface area (Å²) in [5.41, 5.74) is 0.212. The van der Waals surface area contributed by atoms with Crippen molar-refractivity contribution in [3.8, 4) is 0 Å². The predicted molar refractivity (Wildman–Crippen MR) is 97.5 cm³/mol. The number of anilines is 1. The Bertz CT molecular complexity index is 814. The van der Waals surface area contributed by atoms with E-state index in [0.717, 1.165) is 0 Å². The van der Waals surface area contributed by atoms with E-state index in [-0.39, 0.29) is 17.6 Å². The number of likely N-dealkylation sites (N-methyl/N-ethyl adjacent to an activating group) is 1. The monoisotopic (exact) mass is 373 g/mol. The van der Waals surface area contributed by atoms with Gasteiger partial charge in [0.2, 0.25) is 5.95 Å². The molecule has 2 aliphatic heterocycles. The number of nitrogens with zero attached hydrogens (tertiary/aromatic N) is 4. The second kappa shape index (κ2) is 6.98. The average Bonchev–Trinajstić information content (AvgIpc) is 3.15. The molecule has 1 aromatic heterocycles. The number of hydrogen-bond donors (Lipinski definition) is 1. The van der Waals surface area contributed by atoms with Gasteiger partial charge in [-0.2, -0.15) is 0 Å². The number of aromatic nitrogens is 2. The van der Waals surface area contributed by atoms with Crippen molar-refractivity contribution in [2.75, 3.05) is 25.0 Å². The van der Waals surface area contributed by atoms with Crippen LogP contribution in [0.1, 0.15) is 32.9 Å². The van der Waals surface area contributed by atoms with Crippen molar-refractivity contribution in [3.05, 3.63) is 23.7 Å². The third kappa shape index (κ3) is 4.24. The summed E-state index contributed by atoms with van der Waals surface area (Å²) in [5, 5.41) is 2.22. The molecule has 1 N–H and O–H groups in total. The number of rotatable bonds is 3. The Hall–Kier alpha value is -2.97. The van der Waals surface area contributed by atoms with Gasteiger partial charge in [0.25, 0.3) is 5.91 Å². The fourth-order valence-corrected chi connectivity index (χ4v) is 2.92. The lowest BCUT2D eigenvalue weighted by Gasteiger charge is -2.22. The Balaban J connectivity index is 1.73. The van der Waals surface area contributed by atoms with Gasteiger partial charge in [-0.25, -0.2) is 14.8 Å². The van der Waals surface area contributed by atoms with Gasteiger partial charge < -0.3 is 9.64 Å². The molecule has 2 saturated heterocycles. The van der Waals surface area contributed by atoms with Gasteiger partial charge in [-0.3, -0.25) is 19.8 Å². The lowest BCUT2D eigenvalue weighted by molar-refractivity contribution is -0.159. The van der Waals surface area contributed by atoms with Gasteiger partial charge in [-0.15, -0.1) is 0 Å². The van der Waals surface area contributed by atoms with Crippen LogP contribution in [0.25, 0.3) is 6.08 Å². The van der Waals surface area contributed by atoms with E-state index in [2.05, 4.69) is 15.3 Å². The molecule has 3 heterocycles. The highest BCUT2D eigenvalue weighted by atomic mass is 16.6. The van der Waals surface area contributed by atoms with Crippen molar-refractivity contribution in [1.29, 1.82) is 0 Å². The number of ether oxygens (including phenoxy) is 1. The maximum atomic E-state index is 12.3. The first-order chi connectivity index (χ1) is 12.6. The van der Waals surface area contributed by atoms with E-state index in [0.29, 0.717) is 31.2 Å². The second-order valence-electron chi connectivity index (χ2n) is 7.59. The van der Waals surface area contributed by atoms with E-state index >= 15 is 0 Å². The first-order valence-electron chi connectivity index (χ1n) is 8.75. The molecule has 0 aliphatic carbocycles. The quantitative estimate of drug-likeness (QED) is 0.482. The standard InChI is InChI=1S/C18H23N5O4/c1-18(2,3)27-15(25)11-6-8-23(10-11)16-19-7-5-12(20-16)9-13-14(24)21-17(26)22(13)4/h5,7,9,11H,6,8,10H2,1-4H3,(H,21,24,26)/b13-9+. The number of amides is 3. The minimum Gasteiger partial charge on any atom is -0.460 e. The molecule has 2 fully saturated rings. The summed E-state index contributed by atoms with van der Waals surface area (Å²) in [6.07, 6.45) is 3.79. The maximum Gasteiger partial charge on any atom is 0.328 e. The molecule has 27 heavy (non-hydrogen) atoms. The summed E-state index contributed by atoms with van der Waals surface area (Å²) in [5.74, 6) is -0.429. The van der Waals surface area contributed by atoms with E-state index in [9.17, 15) is 14.4 Å². The van der Waals surface area contributed by atoms with Crippen LogP contribution in [-0.2, 0) is 14.3 Å². The van der Waals surface area contributed by atoms with Crippen molar-refractivity contribution in [2.24, 2.45) is 5.92 Å². The van der Waals surface area contributed by atoms with Gasteiger partial charge in [-0.1, -0.05) is 0 Å². The minimum absolute atomic E-state index is 0.217. The SMILES string of the molecule is CN1C(=O)NC(=O)/C1=C\c1ccnc(N2CCC(C(=O)OC(C)(C)C)C2)n1. The number of nitrogens with one attached hydrogen (secondary N) is 1. The Labute approximate surface area is 157 Å². The van der Waals surface area contributed by atoms with Crippen LogP contribution >= 0.6 is 0 Å². The van der Waals surface area contributed by atoms with Gasteiger partial charge in [0.05, 0.1) is 11.6 Å². The maximum absolute atomic E-state index is 12.3. The Morgan fingerprint density at radius 3 is 2.74 bits per heavy atom. The zero-order valence-electron chi connectivity index (χ0n) is 15.9. The minimum atomic E-state index is -0.515. The third-order valence-corrected chi connectivity index (χ3v) is 4.28. The van der Waals surface area contributed by atoms with Gasteiger partial charge in [0.1, 0.15) is 11.3 Å². The number of imide groups is 1. The zero-order chi connectivity index (χ0) is 19.8. The van der Waals surface area contributed by atoms with Crippen LogP contribution in [0, 0.1) is 5.92 Å². The van der Waals surface area contributed by atoms with E-state index in [1.807, 2.05) is 25.7 Å². The number of carbonyl (C=O) groups excluding carboxylic acids is 3. The van der Waals surface area contributed by atoms with Gasteiger partial charge >= 0.3 is 12.0 Å². The number of esters is 1. The summed E-state index contributed by atoms with van der Waals surface area (Å²) >= 11 is 0. The van der Waals surface area contributed by atoms with E-state index in [1.54, 1.807) is 12.3 Å². The average molecular weight is 373 g/mol. The Morgan fingerprint density at radius 2 is 2.11 bits per heavy atom. The van der Waals surface area contributed by atoms with E-state index < -0.39 is 17.5 Å². The van der Waals surface area contributed by atoms with Crippen LogP contribution in [-0.4, -0.2) is 58.5 Å². The molecule has 1 atom stereocenters. The molecule has 0 saturated carbocycles. The second-order valence-corrected chi connectivity index (χ2v) is 7.59. The highest BCUT2D eigenvalue weighted by Crippen LogP contribution is 2.24.